The lowest BCUT2D eigenvalue weighted by atomic mass is 9.99. The third kappa shape index (κ3) is 4.56. The predicted octanol–water partition coefficient (Wildman–Crippen LogP) is 3.14. The quantitative estimate of drug-likeness (QED) is 0.617. The minimum Gasteiger partial charge on any atom is -0.497 e. The van der Waals surface area contributed by atoms with E-state index in [0.29, 0.717) is 23.8 Å². The summed E-state index contributed by atoms with van der Waals surface area (Å²) in [4.78, 5) is 21.9. The molecular formula is C25H29N5O4. The van der Waals surface area contributed by atoms with Gasteiger partial charge in [0.1, 0.15) is 11.5 Å². The molecule has 1 N–H and O–H groups in total. The average molecular weight is 464 g/mol. The molecular weight excluding hydrogens is 434 g/mol. The van der Waals surface area contributed by atoms with Crippen molar-refractivity contribution in [2.24, 2.45) is 0 Å². The molecule has 0 saturated carbocycles. The number of nitrogens with zero attached hydrogens (tertiary/aromatic N) is 4. The number of ether oxygens (including phenoxy) is 2. The Bertz CT molecular complexity index is 1170. The molecule has 0 radical (unpaired) electrons. The van der Waals surface area contributed by atoms with Crippen LogP contribution in [0.2, 0.25) is 0 Å². The fraction of sp³-hybridized carbons (Fsp3) is 0.400. The van der Waals surface area contributed by atoms with E-state index in [0.717, 1.165) is 60.9 Å². The zero-order valence-electron chi connectivity index (χ0n) is 19.7. The smallest absolute Gasteiger partial charge is 0.265 e. The molecule has 1 amide bonds. The molecule has 3 aromatic rings. The number of nitrogens with one attached hydrogen (secondary N) is 1. The number of likely N-dealkylation sites (N-methyl/N-ethyl adjacent to an activating group) is 1. The Morgan fingerprint density at radius 1 is 1.15 bits per heavy atom. The summed E-state index contributed by atoms with van der Waals surface area (Å²) in [6, 6.07) is 11.4. The number of methoxy groups -OCH3 is 1. The molecule has 0 aliphatic carbocycles. The van der Waals surface area contributed by atoms with Crippen LogP contribution in [0.3, 0.4) is 0 Å². The topological polar surface area (TPSA) is 93.0 Å². The molecule has 0 bridgehead atoms. The van der Waals surface area contributed by atoms with Crippen molar-refractivity contribution in [3.8, 4) is 23.0 Å². The van der Waals surface area contributed by atoms with Crippen LogP contribution in [0.15, 0.2) is 40.9 Å². The maximum Gasteiger partial charge on any atom is 0.265 e. The highest BCUT2D eigenvalue weighted by Gasteiger charge is 2.31. The van der Waals surface area contributed by atoms with Crippen LogP contribution in [0.4, 0.5) is 11.4 Å². The predicted molar refractivity (Wildman–Crippen MR) is 129 cm³/mol. The van der Waals surface area contributed by atoms with Crippen molar-refractivity contribution in [2.75, 3.05) is 50.6 Å². The first-order chi connectivity index (χ1) is 16.5. The van der Waals surface area contributed by atoms with Gasteiger partial charge in [-0.2, -0.15) is 4.98 Å². The van der Waals surface area contributed by atoms with E-state index in [1.54, 1.807) is 14.0 Å². The minimum atomic E-state index is -0.564. The standard InChI is InChI=1S/C25H29N5O4/c1-16-26-25(34-28-16)17-4-7-19(8-5-17)27-24(31)22-9-6-18-14-20(32-3)15-21(23(18)33-22)30-12-10-29(2)11-13-30/h4-5,7-8,14-15,22H,6,9-13H2,1-3H3,(H,27,31). The molecule has 9 heteroatoms. The van der Waals surface area contributed by atoms with Gasteiger partial charge in [0.25, 0.3) is 11.8 Å². The van der Waals surface area contributed by atoms with Gasteiger partial charge in [-0.15, -0.1) is 0 Å². The van der Waals surface area contributed by atoms with Crippen LogP contribution in [0, 0.1) is 6.92 Å². The molecule has 3 heterocycles. The summed E-state index contributed by atoms with van der Waals surface area (Å²) in [5.74, 6) is 2.48. The van der Waals surface area contributed by atoms with Gasteiger partial charge >= 0.3 is 0 Å². The zero-order valence-corrected chi connectivity index (χ0v) is 19.7. The Kier molecular flexibility index (Phi) is 6.10. The van der Waals surface area contributed by atoms with Crippen molar-refractivity contribution in [1.82, 2.24) is 15.0 Å². The van der Waals surface area contributed by atoms with Crippen LogP contribution in [0.25, 0.3) is 11.5 Å². The lowest BCUT2D eigenvalue weighted by molar-refractivity contribution is -0.123. The Balaban J connectivity index is 1.31. The van der Waals surface area contributed by atoms with Crippen LogP contribution in [-0.2, 0) is 11.2 Å². The number of benzene rings is 2. The number of piperazine rings is 1. The highest BCUT2D eigenvalue weighted by molar-refractivity contribution is 5.95. The Morgan fingerprint density at radius 2 is 1.91 bits per heavy atom. The number of rotatable bonds is 5. The summed E-state index contributed by atoms with van der Waals surface area (Å²) in [5.41, 5.74) is 3.57. The summed E-state index contributed by atoms with van der Waals surface area (Å²) in [6.45, 7) is 5.55. The Labute approximate surface area is 198 Å². The van der Waals surface area contributed by atoms with E-state index in [1.165, 1.54) is 0 Å². The largest absolute Gasteiger partial charge is 0.497 e. The second-order valence-corrected chi connectivity index (χ2v) is 8.78. The van der Waals surface area contributed by atoms with Crippen molar-refractivity contribution in [3.63, 3.8) is 0 Å². The number of fused-ring (bicyclic) bond motifs is 1. The van der Waals surface area contributed by atoms with Crippen molar-refractivity contribution in [1.29, 1.82) is 0 Å². The molecule has 5 rings (SSSR count). The van der Waals surface area contributed by atoms with Crippen LogP contribution in [0.5, 0.6) is 11.5 Å². The molecule has 2 aliphatic rings. The molecule has 2 aromatic carbocycles. The van der Waals surface area contributed by atoms with Crippen molar-refractivity contribution >= 4 is 17.3 Å². The van der Waals surface area contributed by atoms with Gasteiger partial charge in [0.15, 0.2) is 11.9 Å². The number of carbonyl (C=O) groups excluding carboxylic acids is 1. The summed E-state index contributed by atoms with van der Waals surface area (Å²) in [5, 5.41) is 6.79. The van der Waals surface area contributed by atoms with Gasteiger partial charge in [-0.05, 0) is 57.1 Å². The van der Waals surface area contributed by atoms with Gasteiger partial charge in [-0.25, -0.2) is 0 Å². The van der Waals surface area contributed by atoms with Crippen LogP contribution >= 0.6 is 0 Å². The molecule has 1 atom stereocenters. The number of hydrogen-bond donors (Lipinski definition) is 1. The van der Waals surface area contributed by atoms with Gasteiger partial charge in [0.2, 0.25) is 0 Å². The van der Waals surface area contributed by atoms with E-state index in [4.69, 9.17) is 14.0 Å². The highest BCUT2D eigenvalue weighted by atomic mass is 16.5. The fourth-order valence-electron chi connectivity index (χ4n) is 4.37. The van der Waals surface area contributed by atoms with E-state index in [2.05, 4.69) is 32.3 Å². The molecule has 178 valence electrons. The average Bonchev–Trinajstić information content (AvgIpc) is 3.30. The molecule has 9 nitrogen and oxygen atoms in total. The lowest BCUT2D eigenvalue weighted by Crippen LogP contribution is -2.45. The SMILES string of the molecule is COc1cc2c(c(N3CCN(C)CC3)c1)OC(C(=O)Nc1ccc(-c3nc(C)no3)cc1)CC2. The van der Waals surface area contributed by atoms with Crippen LogP contribution in [0.1, 0.15) is 17.8 Å². The Morgan fingerprint density at radius 3 is 2.59 bits per heavy atom. The minimum absolute atomic E-state index is 0.160. The third-order valence-electron chi connectivity index (χ3n) is 6.35. The van der Waals surface area contributed by atoms with Crippen molar-refractivity contribution < 1.29 is 18.8 Å². The number of anilines is 2. The van der Waals surface area contributed by atoms with Gasteiger partial charge in [-0.3, -0.25) is 4.79 Å². The van der Waals surface area contributed by atoms with E-state index in [-0.39, 0.29) is 5.91 Å². The van der Waals surface area contributed by atoms with Crippen LogP contribution < -0.4 is 19.7 Å². The fourth-order valence-corrected chi connectivity index (χ4v) is 4.37. The second-order valence-electron chi connectivity index (χ2n) is 8.78. The number of amides is 1. The van der Waals surface area contributed by atoms with Gasteiger partial charge < -0.3 is 29.1 Å². The summed E-state index contributed by atoms with van der Waals surface area (Å²) in [6.07, 6.45) is 0.791. The van der Waals surface area contributed by atoms with E-state index < -0.39 is 6.10 Å². The maximum atomic E-state index is 13.1. The number of hydrogen-bond acceptors (Lipinski definition) is 8. The summed E-state index contributed by atoms with van der Waals surface area (Å²) >= 11 is 0. The number of carbonyl (C=O) groups is 1. The van der Waals surface area contributed by atoms with E-state index in [9.17, 15) is 4.79 Å². The van der Waals surface area contributed by atoms with Gasteiger partial charge in [-0.1, -0.05) is 5.16 Å². The van der Waals surface area contributed by atoms with Crippen molar-refractivity contribution in [2.45, 2.75) is 25.9 Å². The first kappa shape index (κ1) is 22.2. The molecule has 1 saturated heterocycles. The number of aryl methyl sites for hydroxylation is 2. The van der Waals surface area contributed by atoms with Gasteiger partial charge in [0, 0.05) is 49.1 Å². The third-order valence-corrected chi connectivity index (χ3v) is 6.35. The van der Waals surface area contributed by atoms with E-state index >= 15 is 0 Å². The molecule has 2 aliphatic heterocycles. The summed E-state index contributed by atoms with van der Waals surface area (Å²) in [7, 11) is 3.81. The first-order valence-electron chi connectivity index (χ1n) is 11.5. The molecule has 34 heavy (non-hydrogen) atoms. The monoisotopic (exact) mass is 463 g/mol. The molecule has 1 aromatic heterocycles. The van der Waals surface area contributed by atoms with Crippen LogP contribution in [-0.4, -0.2) is 67.4 Å². The normalized spacial score (nSPS) is 18.2. The molecule has 1 fully saturated rings. The molecule has 1 unspecified atom stereocenters. The highest BCUT2D eigenvalue weighted by Crippen LogP contribution is 2.41. The number of aromatic nitrogens is 2. The molecule has 0 spiro atoms. The zero-order chi connectivity index (χ0) is 23.7. The second kappa shape index (κ2) is 9.34. The van der Waals surface area contributed by atoms with Crippen molar-refractivity contribution in [3.05, 3.63) is 47.8 Å². The van der Waals surface area contributed by atoms with E-state index in [1.807, 2.05) is 36.4 Å². The maximum absolute atomic E-state index is 13.1. The summed E-state index contributed by atoms with van der Waals surface area (Å²) < 4.78 is 17.1. The lowest BCUT2D eigenvalue weighted by Gasteiger charge is -2.37. The Hall–Kier alpha value is -3.59. The first-order valence-corrected chi connectivity index (χ1v) is 11.5. The van der Waals surface area contributed by atoms with Gasteiger partial charge in [0.05, 0.1) is 12.8 Å².